The molecule has 4 rings (SSSR count). The van der Waals surface area contributed by atoms with E-state index in [2.05, 4.69) is 10.3 Å². The first kappa shape index (κ1) is 15.3. The number of carboxylic acids is 1. The molecular formula is C16H18N4O3S. The quantitative estimate of drug-likeness (QED) is 0.898. The topological polar surface area (TPSA) is 88.3 Å². The highest BCUT2D eigenvalue weighted by molar-refractivity contribution is 7.16. The van der Waals surface area contributed by atoms with Crippen LogP contribution in [0, 0.1) is 0 Å². The minimum atomic E-state index is -0.921. The normalized spacial score (nSPS) is 17.1. The first-order valence-electron chi connectivity index (χ1n) is 8.19. The summed E-state index contributed by atoms with van der Waals surface area (Å²) in [6, 6.07) is 0. The maximum absolute atomic E-state index is 13.1. The van der Waals surface area contributed by atoms with E-state index in [9.17, 15) is 14.7 Å². The van der Waals surface area contributed by atoms with Crippen LogP contribution in [0.4, 0.5) is 0 Å². The molecule has 1 aliphatic carbocycles. The number of carbonyl (C=O) groups is 2. The van der Waals surface area contributed by atoms with E-state index in [-0.39, 0.29) is 5.91 Å². The van der Waals surface area contributed by atoms with E-state index < -0.39 is 5.97 Å². The number of hydrogen-bond donors (Lipinski definition) is 1. The van der Waals surface area contributed by atoms with Crippen LogP contribution in [0.3, 0.4) is 0 Å². The predicted molar refractivity (Wildman–Crippen MR) is 87.3 cm³/mol. The third kappa shape index (κ3) is 2.50. The van der Waals surface area contributed by atoms with E-state index in [4.69, 9.17) is 0 Å². The van der Waals surface area contributed by atoms with Crippen LogP contribution in [0.15, 0.2) is 6.20 Å². The Morgan fingerprint density at radius 1 is 1.08 bits per heavy atom. The summed E-state index contributed by atoms with van der Waals surface area (Å²) < 4.78 is 1.83. The largest absolute Gasteiger partial charge is 0.477 e. The standard InChI is InChI=1S/C16H18N4O3S/c21-15(19-6-3-7-20-10(9-19)8-17-18-20)13-11-4-1-2-5-12(11)14(24-13)16(22)23/h8H,1-7,9H2,(H,22,23). The van der Waals surface area contributed by atoms with Gasteiger partial charge in [-0.15, -0.1) is 16.4 Å². The van der Waals surface area contributed by atoms with E-state index in [1.807, 2.05) is 4.68 Å². The van der Waals surface area contributed by atoms with Gasteiger partial charge in [-0.1, -0.05) is 5.21 Å². The van der Waals surface area contributed by atoms with E-state index >= 15 is 0 Å². The van der Waals surface area contributed by atoms with Crippen molar-refractivity contribution in [2.24, 2.45) is 0 Å². The second-order valence-electron chi connectivity index (χ2n) is 6.26. The number of rotatable bonds is 2. The number of carboxylic acid groups (broad SMARTS) is 1. The highest BCUT2D eigenvalue weighted by atomic mass is 32.1. The van der Waals surface area contributed by atoms with Crippen LogP contribution in [0.2, 0.25) is 0 Å². The average Bonchev–Trinajstić information content (AvgIpc) is 3.13. The van der Waals surface area contributed by atoms with Gasteiger partial charge in [0.25, 0.3) is 5.91 Å². The summed E-state index contributed by atoms with van der Waals surface area (Å²) in [6.45, 7) is 1.88. The first-order chi connectivity index (χ1) is 11.6. The molecular weight excluding hydrogens is 328 g/mol. The summed E-state index contributed by atoms with van der Waals surface area (Å²) in [6.07, 6.45) is 6.08. The van der Waals surface area contributed by atoms with Crippen molar-refractivity contribution in [2.75, 3.05) is 6.54 Å². The molecule has 0 unspecified atom stereocenters. The van der Waals surface area contributed by atoms with Gasteiger partial charge in [0.05, 0.1) is 23.3 Å². The maximum atomic E-state index is 13.1. The van der Waals surface area contributed by atoms with Crippen molar-refractivity contribution in [1.82, 2.24) is 19.9 Å². The zero-order valence-electron chi connectivity index (χ0n) is 13.2. The minimum absolute atomic E-state index is 0.0553. The van der Waals surface area contributed by atoms with Crippen molar-refractivity contribution in [2.45, 2.75) is 45.2 Å². The van der Waals surface area contributed by atoms with Gasteiger partial charge in [0, 0.05) is 13.1 Å². The van der Waals surface area contributed by atoms with E-state index in [1.165, 1.54) is 0 Å². The number of nitrogens with zero attached hydrogens (tertiary/aromatic N) is 4. The molecule has 0 saturated heterocycles. The van der Waals surface area contributed by atoms with Gasteiger partial charge in [-0.05, 0) is 43.2 Å². The summed E-state index contributed by atoms with van der Waals surface area (Å²) in [4.78, 5) is 27.4. The molecule has 8 heteroatoms. The van der Waals surface area contributed by atoms with Crippen LogP contribution in [-0.4, -0.2) is 43.4 Å². The van der Waals surface area contributed by atoms with Gasteiger partial charge in [0.15, 0.2) is 0 Å². The predicted octanol–water partition coefficient (Wildman–Crippen LogP) is 1.96. The van der Waals surface area contributed by atoms with Crippen LogP contribution < -0.4 is 0 Å². The summed E-state index contributed by atoms with van der Waals surface area (Å²) in [7, 11) is 0. The number of aryl methyl sites for hydroxylation is 1. The molecule has 0 fully saturated rings. The van der Waals surface area contributed by atoms with Gasteiger partial charge in [0.1, 0.15) is 4.88 Å². The smallest absolute Gasteiger partial charge is 0.346 e. The lowest BCUT2D eigenvalue weighted by atomic mass is 9.91. The number of aromatic nitrogens is 3. The Kier molecular flexibility index (Phi) is 3.84. The van der Waals surface area contributed by atoms with Gasteiger partial charge in [-0.25, -0.2) is 9.48 Å². The van der Waals surface area contributed by atoms with Gasteiger partial charge in [-0.3, -0.25) is 4.79 Å². The van der Waals surface area contributed by atoms with Crippen molar-refractivity contribution >= 4 is 23.2 Å². The lowest BCUT2D eigenvalue weighted by molar-refractivity contribution is 0.0699. The highest BCUT2D eigenvalue weighted by Gasteiger charge is 2.30. The molecule has 1 amide bonds. The van der Waals surface area contributed by atoms with E-state index in [0.29, 0.717) is 22.8 Å². The molecule has 0 spiro atoms. The van der Waals surface area contributed by atoms with Crippen LogP contribution in [-0.2, 0) is 25.9 Å². The van der Waals surface area contributed by atoms with Crippen molar-refractivity contribution in [3.63, 3.8) is 0 Å². The van der Waals surface area contributed by atoms with Crippen LogP contribution in [0.25, 0.3) is 0 Å². The Labute approximate surface area is 142 Å². The van der Waals surface area contributed by atoms with Crippen molar-refractivity contribution < 1.29 is 14.7 Å². The third-order valence-electron chi connectivity index (χ3n) is 4.74. The van der Waals surface area contributed by atoms with Gasteiger partial charge < -0.3 is 10.0 Å². The summed E-state index contributed by atoms with van der Waals surface area (Å²) in [5.74, 6) is -0.976. The molecule has 7 nitrogen and oxygen atoms in total. The zero-order valence-corrected chi connectivity index (χ0v) is 14.0. The molecule has 2 aliphatic rings. The van der Waals surface area contributed by atoms with Crippen LogP contribution in [0.1, 0.15) is 55.4 Å². The molecule has 2 aromatic heterocycles. The fraction of sp³-hybridized carbons (Fsp3) is 0.500. The lowest BCUT2D eigenvalue weighted by Crippen LogP contribution is -2.31. The average molecular weight is 346 g/mol. The van der Waals surface area contributed by atoms with Gasteiger partial charge in [0.2, 0.25) is 0 Å². The summed E-state index contributed by atoms with van der Waals surface area (Å²) >= 11 is 1.15. The number of hydrogen-bond acceptors (Lipinski definition) is 5. The zero-order chi connectivity index (χ0) is 16.7. The summed E-state index contributed by atoms with van der Waals surface area (Å²) in [5.41, 5.74) is 2.76. The molecule has 0 atom stereocenters. The van der Waals surface area contributed by atoms with Crippen molar-refractivity contribution in [3.05, 3.63) is 32.8 Å². The number of carbonyl (C=O) groups excluding carboxylic acids is 1. The Morgan fingerprint density at radius 2 is 1.83 bits per heavy atom. The summed E-state index contributed by atoms with van der Waals surface area (Å²) in [5, 5.41) is 17.4. The first-order valence-corrected chi connectivity index (χ1v) is 9.01. The molecule has 3 heterocycles. The highest BCUT2D eigenvalue weighted by Crippen LogP contribution is 2.35. The molecule has 0 aromatic carbocycles. The molecule has 2 aromatic rings. The SMILES string of the molecule is O=C(O)c1sc(C(=O)N2CCCn3nncc3C2)c2c1CCCC2. The molecule has 0 radical (unpaired) electrons. The monoisotopic (exact) mass is 346 g/mol. The Bertz CT molecular complexity index is 810. The molecule has 0 saturated carbocycles. The minimum Gasteiger partial charge on any atom is -0.477 e. The van der Waals surface area contributed by atoms with Crippen LogP contribution >= 0.6 is 11.3 Å². The number of fused-ring (bicyclic) bond motifs is 2. The van der Waals surface area contributed by atoms with Crippen molar-refractivity contribution in [3.8, 4) is 0 Å². The number of thiophene rings is 1. The van der Waals surface area contributed by atoms with Crippen molar-refractivity contribution in [1.29, 1.82) is 0 Å². The third-order valence-corrected chi connectivity index (χ3v) is 5.99. The second kappa shape index (κ2) is 6.01. The number of aromatic carboxylic acids is 1. The molecule has 24 heavy (non-hydrogen) atoms. The van der Waals surface area contributed by atoms with Gasteiger partial charge in [-0.2, -0.15) is 0 Å². The van der Waals surface area contributed by atoms with Crippen LogP contribution in [0.5, 0.6) is 0 Å². The maximum Gasteiger partial charge on any atom is 0.346 e. The lowest BCUT2D eigenvalue weighted by Gasteiger charge is -2.21. The Morgan fingerprint density at radius 3 is 2.58 bits per heavy atom. The Hall–Kier alpha value is -2.22. The molecule has 1 aliphatic heterocycles. The number of amides is 1. The fourth-order valence-corrected chi connectivity index (χ4v) is 4.77. The fourth-order valence-electron chi connectivity index (χ4n) is 3.57. The molecule has 126 valence electrons. The van der Waals surface area contributed by atoms with E-state index in [0.717, 1.165) is 66.8 Å². The van der Waals surface area contributed by atoms with Gasteiger partial charge >= 0.3 is 5.97 Å². The second-order valence-corrected chi connectivity index (χ2v) is 7.28. The molecule has 0 bridgehead atoms. The molecule has 1 N–H and O–H groups in total. The van der Waals surface area contributed by atoms with E-state index in [1.54, 1.807) is 11.1 Å². The Balaban J connectivity index is 1.68.